The number of carbonyl (C=O) groups is 1. The van der Waals surface area contributed by atoms with Crippen LogP contribution in [0.25, 0.3) is 0 Å². The van der Waals surface area contributed by atoms with Crippen molar-refractivity contribution in [2.75, 3.05) is 0 Å². The fourth-order valence-corrected chi connectivity index (χ4v) is 3.34. The van der Waals surface area contributed by atoms with Crippen LogP contribution >= 0.6 is 0 Å². The van der Waals surface area contributed by atoms with Gasteiger partial charge >= 0.3 is 0 Å². The highest BCUT2D eigenvalue weighted by Gasteiger charge is 2.27. The molecule has 3 unspecified atom stereocenters. The summed E-state index contributed by atoms with van der Waals surface area (Å²) in [7, 11) is 0. The van der Waals surface area contributed by atoms with Gasteiger partial charge in [-0.1, -0.05) is 26.2 Å². The summed E-state index contributed by atoms with van der Waals surface area (Å²) in [4.78, 5) is 11.2. The lowest BCUT2D eigenvalue weighted by Crippen LogP contribution is -2.16. The molecule has 3 atom stereocenters. The van der Waals surface area contributed by atoms with Gasteiger partial charge in [-0.15, -0.1) is 0 Å². The summed E-state index contributed by atoms with van der Waals surface area (Å²) >= 11 is 0. The van der Waals surface area contributed by atoms with E-state index in [-0.39, 0.29) is 0 Å². The van der Waals surface area contributed by atoms with Gasteiger partial charge in [-0.25, -0.2) is 0 Å². The summed E-state index contributed by atoms with van der Waals surface area (Å²) in [5, 5.41) is 0. The Bertz CT molecular complexity index is 209. The summed E-state index contributed by atoms with van der Waals surface area (Å²) in [6, 6.07) is 0. The maximum Gasteiger partial charge on any atom is 0.133 e. The molecule has 0 heterocycles. The van der Waals surface area contributed by atoms with E-state index in [1.807, 2.05) is 0 Å². The highest BCUT2D eigenvalue weighted by molar-refractivity contribution is 5.80. The minimum Gasteiger partial charge on any atom is -0.300 e. The number of rotatable bonds is 2. The van der Waals surface area contributed by atoms with Crippen molar-refractivity contribution in [1.29, 1.82) is 0 Å². The minimum absolute atomic E-state index is 0.513. The quantitative estimate of drug-likeness (QED) is 0.656. The third-order valence-electron chi connectivity index (χ3n) is 4.06. The van der Waals surface area contributed by atoms with Crippen LogP contribution in [0.4, 0.5) is 0 Å². The van der Waals surface area contributed by atoms with Crippen LogP contribution in [0.5, 0.6) is 0 Å². The molecule has 0 amide bonds. The second-order valence-electron chi connectivity index (χ2n) is 5.52. The molecule has 0 bridgehead atoms. The molecule has 1 nitrogen and oxygen atoms in total. The standard InChI is InChI=1S/C13H22O/c1-10-3-2-4-11(7-10)8-12-5-6-13(14)9-12/h10-12H,2-9H2,1H3. The molecule has 2 fully saturated rings. The van der Waals surface area contributed by atoms with Gasteiger partial charge < -0.3 is 0 Å². The first kappa shape index (κ1) is 10.2. The Morgan fingerprint density at radius 1 is 1.21 bits per heavy atom. The van der Waals surface area contributed by atoms with Gasteiger partial charge in [-0.05, 0) is 37.0 Å². The third-order valence-corrected chi connectivity index (χ3v) is 4.06. The molecule has 1 heteroatoms. The molecule has 2 aliphatic rings. The van der Waals surface area contributed by atoms with Crippen LogP contribution in [0.1, 0.15) is 58.3 Å². The Labute approximate surface area is 87.3 Å². The first-order chi connectivity index (χ1) is 6.74. The van der Waals surface area contributed by atoms with E-state index in [0.29, 0.717) is 5.78 Å². The van der Waals surface area contributed by atoms with Gasteiger partial charge in [0.2, 0.25) is 0 Å². The highest BCUT2D eigenvalue weighted by atomic mass is 16.1. The average molecular weight is 194 g/mol. The van der Waals surface area contributed by atoms with Gasteiger partial charge in [0.25, 0.3) is 0 Å². The zero-order valence-electron chi connectivity index (χ0n) is 9.30. The lowest BCUT2D eigenvalue weighted by Gasteiger charge is -2.28. The second kappa shape index (κ2) is 4.46. The van der Waals surface area contributed by atoms with E-state index in [1.165, 1.54) is 38.5 Å². The molecule has 2 rings (SSSR count). The van der Waals surface area contributed by atoms with Crippen LogP contribution in [-0.2, 0) is 4.79 Å². The van der Waals surface area contributed by atoms with Crippen molar-refractivity contribution in [2.24, 2.45) is 17.8 Å². The van der Waals surface area contributed by atoms with E-state index in [1.54, 1.807) is 0 Å². The van der Waals surface area contributed by atoms with Gasteiger partial charge in [0.1, 0.15) is 5.78 Å². The van der Waals surface area contributed by atoms with Crippen molar-refractivity contribution in [3.63, 3.8) is 0 Å². The molecule has 0 radical (unpaired) electrons. The zero-order valence-corrected chi connectivity index (χ0v) is 9.30. The molecular weight excluding hydrogens is 172 g/mol. The first-order valence-corrected chi connectivity index (χ1v) is 6.25. The Morgan fingerprint density at radius 3 is 2.71 bits per heavy atom. The molecule has 2 saturated carbocycles. The Kier molecular flexibility index (Phi) is 3.25. The van der Waals surface area contributed by atoms with Gasteiger partial charge in [-0.3, -0.25) is 4.79 Å². The van der Waals surface area contributed by atoms with Gasteiger partial charge in [0.05, 0.1) is 0 Å². The molecule has 0 spiro atoms. The van der Waals surface area contributed by atoms with Crippen molar-refractivity contribution in [3.05, 3.63) is 0 Å². The molecule has 2 aliphatic carbocycles. The Balaban J connectivity index is 1.76. The van der Waals surface area contributed by atoms with Crippen molar-refractivity contribution < 1.29 is 4.79 Å². The summed E-state index contributed by atoms with van der Waals surface area (Å²) in [6.45, 7) is 2.38. The lowest BCUT2D eigenvalue weighted by molar-refractivity contribution is -0.117. The van der Waals surface area contributed by atoms with Crippen molar-refractivity contribution in [1.82, 2.24) is 0 Å². The van der Waals surface area contributed by atoms with E-state index in [0.717, 1.165) is 30.6 Å². The predicted octanol–water partition coefficient (Wildman–Crippen LogP) is 3.57. The monoisotopic (exact) mass is 194 g/mol. The number of hydrogen-bond donors (Lipinski definition) is 0. The largest absolute Gasteiger partial charge is 0.300 e. The van der Waals surface area contributed by atoms with E-state index in [4.69, 9.17) is 0 Å². The Hall–Kier alpha value is -0.330. The molecule has 80 valence electrons. The number of ketones is 1. The number of carbonyl (C=O) groups excluding carboxylic acids is 1. The Morgan fingerprint density at radius 2 is 2.07 bits per heavy atom. The molecule has 0 N–H and O–H groups in total. The summed E-state index contributed by atoms with van der Waals surface area (Å²) in [5.74, 6) is 3.14. The van der Waals surface area contributed by atoms with Gasteiger partial charge in [-0.2, -0.15) is 0 Å². The van der Waals surface area contributed by atoms with Crippen molar-refractivity contribution >= 4 is 5.78 Å². The molecule has 0 aliphatic heterocycles. The van der Waals surface area contributed by atoms with Crippen LogP contribution < -0.4 is 0 Å². The van der Waals surface area contributed by atoms with E-state index >= 15 is 0 Å². The maximum absolute atomic E-state index is 11.2. The predicted molar refractivity (Wildman–Crippen MR) is 58.1 cm³/mol. The van der Waals surface area contributed by atoms with E-state index in [2.05, 4.69) is 6.92 Å². The normalized spacial score (nSPS) is 38.9. The average Bonchev–Trinajstić information content (AvgIpc) is 2.51. The van der Waals surface area contributed by atoms with Gasteiger partial charge in [0, 0.05) is 12.8 Å². The highest BCUT2D eigenvalue weighted by Crippen LogP contribution is 2.36. The van der Waals surface area contributed by atoms with E-state index in [9.17, 15) is 4.79 Å². The summed E-state index contributed by atoms with van der Waals surface area (Å²) in [5.41, 5.74) is 0. The molecule has 0 aromatic heterocycles. The smallest absolute Gasteiger partial charge is 0.133 e. The number of Topliss-reactive ketones (excluding diaryl/α,β-unsaturated/α-hetero) is 1. The first-order valence-electron chi connectivity index (χ1n) is 6.25. The molecule has 14 heavy (non-hydrogen) atoms. The molecule has 0 aromatic carbocycles. The third kappa shape index (κ3) is 2.59. The lowest BCUT2D eigenvalue weighted by atomic mass is 9.78. The number of hydrogen-bond acceptors (Lipinski definition) is 1. The molecule has 0 aromatic rings. The van der Waals surface area contributed by atoms with E-state index < -0.39 is 0 Å². The fraction of sp³-hybridized carbons (Fsp3) is 0.923. The van der Waals surface area contributed by atoms with Crippen LogP contribution in [0.15, 0.2) is 0 Å². The molecular formula is C13H22O. The molecule has 0 saturated heterocycles. The van der Waals surface area contributed by atoms with Crippen LogP contribution in [0, 0.1) is 17.8 Å². The topological polar surface area (TPSA) is 17.1 Å². The minimum atomic E-state index is 0.513. The zero-order chi connectivity index (χ0) is 9.97. The fourth-order valence-electron chi connectivity index (χ4n) is 3.34. The van der Waals surface area contributed by atoms with Crippen molar-refractivity contribution in [2.45, 2.75) is 58.3 Å². The van der Waals surface area contributed by atoms with Crippen molar-refractivity contribution in [3.8, 4) is 0 Å². The van der Waals surface area contributed by atoms with Crippen LogP contribution in [0.2, 0.25) is 0 Å². The second-order valence-corrected chi connectivity index (χ2v) is 5.52. The summed E-state index contributed by atoms with van der Waals surface area (Å²) < 4.78 is 0. The maximum atomic E-state index is 11.2. The van der Waals surface area contributed by atoms with Crippen LogP contribution in [-0.4, -0.2) is 5.78 Å². The summed E-state index contributed by atoms with van der Waals surface area (Å²) in [6.07, 6.45) is 9.99. The SMILES string of the molecule is CC1CCCC(CC2CCC(=O)C2)C1. The van der Waals surface area contributed by atoms with Gasteiger partial charge in [0.15, 0.2) is 0 Å². The van der Waals surface area contributed by atoms with Crippen LogP contribution in [0.3, 0.4) is 0 Å².